The van der Waals surface area contributed by atoms with Gasteiger partial charge < -0.3 is 15.6 Å². The number of aliphatic hydroxyl groups is 1. The average Bonchev–Trinajstić information content (AvgIpc) is 2.43. The van der Waals surface area contributed by atoms with Crippen LogP contribution >= 0.6 is 12.2 Å². The van der Waals surface area contributed by atoms with Crippen molar-refractivity contribution in [1.29, 1.82) is 0 Å². The van der Waals surface area contributed by atoms with Crippen molar-refractivity contribution in [2.75, 3.05) is 33.4 Å². The molecule has 1 aromatic rings. The summed E-state index contributed by atoms with van der Waals surface area (Å²) in [4.78, 5) is 0.222. The van der Waals surface area contributed by atoms with Crippen LogP contribution in [-0.4, -0.2) is 56.2 Å². The molecular formula is C12H18N2O4S2. The van der Waals surface area contributed by atoms with Gasteiger partial charge in [0.1, 0.15) is 4.99 Å². The number of hydrogen-bond donors (Lipinski definition) is 2. The van der Waals surface area contributed by atoms with Crippen LogP contribution in [0.15, 0.2) is 29.2 Å². The summed E-state index contributed by atoms with van der Waals surface area (Å²) in [6, 6.07) is 6.12. The summed E-state index contributed by atoms with van der Waals surface area (Å²) in [7, 11) is -2.23. The average molecular weight is 318 g/mol. The van der Waals surface area contributed by atoms with Crippen LogP contribution in [0.4, 0.5) is 0 Å². The van der Waals surface area contributed by atoms with Crippen LogP contribution in [0.5, 0.6) is 0 Å². The standard InChI is InChI=1S/C12H18N2O4S2/c1-18-8-6-14(5-7-15)20(16,17)11-4-2-3-10(9-11)12(13)19/h2-4,9,15H,5-8H2,1H3,(H2,13,19). The van der Waals surface area contributed by atoms with Gasteiger partial charge in [0.05, 0.1) is 18.1 Å². The van der Waals surface area contributed by atoms with Crippen LogP contribution in [-0.2, 0) is 14.8 Å². The Labute approximate surface area is 124 Å². The molecule has 1 aromatic carbocycles. The molecule has 0 aliphatic carbocycles. The van der Waals surface area contributed by atoms with Gasteiger partial charge in [-0.25, -0.2) is 8.42 Å². The molecule has 0 spiro atoms. The van der Waals surface area contributed by atoms with Crippen LogP contribution in [0.3, 0.4) is 0 Å². The number of ether oxygens (including phenoxy) is 1. The highest BCUT2D eigenvalue weighted by molar-refractivity contribution is 7.89. The van der Waals surface area contributed by atoms with E-state index in [9.17, 15) is 8.42 Å². The number of rotatable bonds is 8. The van der Waals surface area contributed by atoms with Crippen molar-refractivity contribution in [3.05, 3.63) is 29.8 Å². The molecule has 0 saturated carbocycles. The van der Waals surface area contributed by atoms with Gasteiger partial charge in [0.25, 0.3) is 0 Å². The van der Waals surface area contributed by atoms with Crippen LogP contribution in [0, 0.1) is 0 Å². The maximum absolute atomic E-state index is 12.5. The fraction of sp³-hybridized carbons (Fsp3) is 0.417. The molecule has 0 heterocycles. The lowest BCUT2D eigenvalue weighted by Crippen LogP contribution is -2.36. The zero-order valence-corrected chi connectivity index (χ0v) is 12.8. The molecule has 20 heavy (non-hydrogen) atoms. The van der Waals surface area contributed by atoms with Crippen LogP contribution in [0.2, 0.25) is 0 Å². The monoisotopic (exact) mass is 318 g/mol. The summed E-state index contributed by atoms with van der Waals surface area (Å²) < 4.78 is 31.0. The molecule has 6 nitrogen and oxygen atoms in total. The number of methoxy groups -OCH3 is 1. The largest absolute Gasteiger partial charge is 0.395 e. The minimum Gasteiger partial charge on any atom is -0.395 e. The van der Waals surface area contributed by atoms with E-state index in [4.69, 9.17) is 27.8 Å². The number of hydrogen-bond acceptors (Lipinski definition) is 5. The van der Waals surface area contributed by atoms with Gasteiger partial charge in [-0.15, -0.1) is 0 Å². The molecule has 3 N–H and O–H groups in total. The Bertz CT molecular complexity index is 560. The van der Waals surface area contributed by atoms with E-state index in [1.807, 2.05) is 0 Å². The minimum absolute atomic E-state index is 0.00297. The van der Waals surface area contributed by atoms with Crippen molar-refractivity contribution < 1.29 is 18.3 Å². The lowest BCUT2D eigenvalue weighted by Gasteiger charge is -2.21. The van der Waals surface area contributed by atoms with Gasteiger partial charge in [0, 0.05) is 25.8 Å². The van der Waals surface area contributed by atoms with E-state index >= 15 is 0 Å². The fourth-order valence-corrected chi connectivity index (χ4v) is 3.20. The van der Waals surface area contributed by atoms with Crippen molar-refractivity contribution in [3.63, 3.8) is 0 Å². The first-order valence-corrected chi connectivity index (χ1v) is 7.78. The van der Waals surface area contributed by atoms with Gasteiger partial charge in [-0.05, 0) is 12.1 Å². The van der Waals surface area contributed by atoms with Crippen molar-refractivity contribution in [2.45, 2.75) is 4.90 Å². The third-order valence-corrected chi connectivity index (χ3v) is 4.78. The number of benzene rings is 1. The lowest BCUT2D eigenvalue weighted by molar-refractivity contribution is 0.168. The topological polar surface area (TPSA) is 92.9 Å². The minimum atomic E-state index is -3.71. The molecule has 0 unspecified atom stereocenters. The number of nitrogens with two attached hydrogens (primary N) is 1. The van der Waals surface area contributed by atoms with E-state index in [0.717, 1.165) is 4.31 Å². The molecule has 0 aliphatic heterocycles. The third kappa shape index (κ3) is 4.22. The molecule has 1 rings (SSSR count). The molecule has 0 aliphatic rings. The zero-order valence-electron chi connectivity index (χ0n) is 11.2. The van der Waals surface area contributed by atoms with Crippen LogP contribution in [0.1, 0.15) is 5.56 Å². The van der Waals surface area contributed by atoms with E-state index in [1.54, 1.807) is 12.1 Å². The van der Waals surface area contributed by atoms with Crippen molar-refractivity contribution in [1.82, 2.24) is 4.31 Å². The van der Waals surface area contributed by atoms with Gasteiger partial charge in [0.2, 0.25) is 10.0 Å². The second kappa shape index (κ2) is 7.65. The summed E-state index contributed by atoms with van der Waals surface area (Å²) >= 11 is 4.84. The van der Waals surface area contributed by atoms with Crippen LogP contribution < -0.4 is 5.73 Å². The Kier molecular flexibility index (Phi) is 6.50. The first kappa shape index (κ1) is 17.0. The second-order valence-corrected chi connectivity index (χ2v) is 6.39. The molecular weight excluding hydrogens is 300 g/mol. The second-order valence-electron chi connectivity index (χ2n) is 4.01. The third-order valence-electron chi connectivity index (χ3n) is 2.65. The maximum atomic E-state index is 12.5. The van der Waals surface area contributed by atoms with Gasteiger partial charge >= 0.3 is 0 Å². The Morgan fingerprint density at radius 3 is 2.70 bits per heavy atom. The number of aliphatic hydroxyl groups excluding tert-OH is 1. The molecule has 112 valence electrons. The summed E-state index contributed by atoms with van der Waals surface area (Å²) in [5, 5.41) is 9.00. The van der Waals surface area contributed by atoms with E-state index < -0.39 is 10.0 Å². The van der Waals surface area contributed by atoms with E-state index in [2.05, 4.69) is 0 Å². The highest BCUT2D eigenvalue weighted by Gasteiger charge is 2.24. The molecule has 0 fully saturated rings. The van der Waals surface area contributed by atoms with E-state index in [-0.39, 0.29) is 36.2 Å². The van der Waals surface area contributed by atoms with Crippen molar-refractivity contribution in [2.24, 2.45) is 5.73 Å². The molecule has 0 saturated heterocycles. The Morgan fingerprint density at radius 1 is 1.45 bits per heavy atom. The lowest BCUT2D eigenvalue weighted by atomic mass is 10.2. The smallest absolute Gasteiger partial charge is 0.243 e. The summed E-state index contributed by atoms with van der Waals surface area (Å²) in [6.45, 7) is 0.145. The van der Waals surface area contributed by atoms with Gasteiger partial charge in [0.15, 0.2) is 0 Å². The van der Waals surface area contributed by atoms with Gasteiger partial charge in [-0.3, -0.25) is 0 Å². The number of sulfonamides is 1. The van der Waals surface area contributed by atoms with E-state index in [0.29, 0.717) is 5.56 Å². The molecule has 0 radical (unpaired) electrons. The Balaban J connectivity index is 3.11. The molecule has 0 amide bonds. The predicted molar refractivity (Wildman–Crippen MR) is 80.1 cm³/mol. The summed E-state index contributed by atoms with van der Waals surface area (Å²) in [5.41, 5.74) is 5.99. The fourth-order valence-electron chi connectivity index (χ4n) is 1.62. The normalized spacial score (nSPS) is 11.8. The zero-order chi connectivity index (χ0) is 15.2. The molecule has 0 aromatic heterocycles. The summed E-state index contributed by atoms with van der Waals surface area (Å²) in [5.74, 6) is 0. The first-order valence-electron chi connectivity index (χ1n) is 5.93. The molecule has 0 bridgehead atoms. The van der Waals surface area contributed by atoms with Crippen LogP contribution in [0.25, 0.3) is 0 Å². The Hall–Kier alpha value is -1.06. The Morgan fingerprint density at radius 2 is 2.15 bits per heavy atom. The molecule has 8 heteroatoms. The quantitative estimate of drug-likeness (QED) is 0.653. The predicted octanol–water partition coefficient (Wildman–Crippen LogP) is -0.0498. The van der Waals surface area contributed by atoms with Crippen molar-refractivity contribution >= 4 is 27.2 Å². The SMILES string of the molecule is COCCN(CCO)S(=O)(=O)c1cccc(C(N)=S)c1. The van der Waals surface area contributed by atoms with Gasteiger partial charge in [-0.1, -0.05) is 24.4 Å². The van der Waals surface area contributed by atoms with Gasteiger partial charge in [-0.2, -0.15) is 4.31 Å². The van der Waals surface area contributed by atoms with Crippen molar-refractivity contribution in [3.8, 4) is 0 Å². The number of nitrogens with zero attached hydrogens (tertiary/aromatic N) is 1. The first-order chi connectivity index (χ1) is 9.43. The number of thiocarbonyl (C=S) groups is 1. The molecule has 0 atom stereocenters. The highest BCUT2D eigenvalue weighted by atomic mass is 32.2. The summed E-state index contributed by atoms with van der Waals surface area (Å²) in [6.07, 6.45) is 0. The highest BCUT2D eigenvalue weighted by Crippen LogP contribution is 2.17. The van der Waals surface area contributed by atoms with E-state index in [1.165, 1.54) is 19.2 Å². The maximum Gasteiger partial charge on any atom is 0.243 e.